The van der Waals surface area contributed by atoms with E-state index in [2.05, 4.69) is 26.1 Å². The molecule has 1 rings (SSSR count). The van der Waals surface area contributed by atoms with Crippen LogP contribution >= 0.6 is 15.9 Å². The molecule has 0 aromatic carbocycles. The Morgan fingerprint density at radius 2 is 2.58 bits per heavy atom. The lowest BCUT2D eigenvalue weighted by atomic mass is 10.2. The summed E-state index contributed by atoms with van der Waals surface area (Å²) in [5.41, 5.74) is 6.01. The fourth-order valence-corrected chi connectivity index (χ4v) is 1.10. The summed E-state index contributed by atoms with van der Waals surface area (Å²) in [5.74, 6) is -1.02. The first kappa shape index (κ1) is 9.21. The van der Waals surface area contributed by atoms with Crippen molar-refractivity contribution in [3.63, 3.8) is 0 Å². The molecule has 6 heteroatoms. The maximum absolute atomic E-state index is 10.4. The standard InChI is InChI=1S/C6H8BrN3O2/c7-3-2-9-10-5(3)1-4(8)6(11)12/h2,4H,1,8H2,(H,9,10)(H,11,12). The number of hydrogen-bond acceptors (Lipinski definition) is 3. The molecule has 5 nitrogen and oxygen atoms in total. The summed E-state index contributed by atoms with van der Waals surface area (Å²) < 4.78 is 0.749. The number of carboxylic acid groups (broad SMARTS) is 1. The summed E-state index contributed by atoms with van der Waals surface area (Å²) in [6.45, 7) is 0. The summed E-state index contributed by atoms with van der Waals surface area (Å²) in [5, 5.41) is 14.9. The van der Waals surface area contributed by atoms with Crippen molar-refractivity contribution in [3.8, 4) is 0 Å². The number of H-pyrrole nitrogens is 1. The average molecular weight is 234 g/mol. The van der Waals surface area contributed by atoms with Gasteiger partial charge >= 0.3 is 5.97 Å². The molecule has 0 spiro atoms. The molecule has 12 heavy (non-hydrogen) atoms. The zero-order valence-corrected chi connectivity index (χ0v) is 7.71. The molecule has 0 radical (unpaired) electrons. The fraction of sp³-hybridized carbons (Fsp3) is 0.333. The maximum atomic E-state index is 10.4. The van der Waals surface area contributed by atoms with Crippen LogP contribution in [-0.2, 0) is 11.2 Å². The molecule has 0 aliphatic rings. The molecule has 1 heterocycles. The van der Waals surface area contributed by atoms with Crippen LogP contribution in [0.1, 0.15) is 5.69 Å². The number of halogens is 1. The van der Waals surface area contributed by atoms with Crippen molar-refractivity contribution in [3.05, 3.63) is 16.4 Å². The average Bonchev–Trinajstić information content (AvgIpc) is 2.36. The summed E-state index contributed by atoms with van der Waals surface area (Å²) in [4.78, 5) is 10.4. The van der Waals surface area contributed by atoms with Gasteiger partial charge in [0.25, 0.3) is 0 Å². The summed E-state index contributed by atoms with van der Waals surface area (Å²) in [6.07, 6.45) is 1.81. The largest absolute Gasteiger partial charge is 0.480 e. The van der Waals surface area contributed by atoms with Gasteiger partial charge in [-0.1, -0.05) is 0 Å². The molecule has 0 bridgehead atoms. The summed E-state index contributed by atoms with van der Waals surface area (Å²) in [6, 6.07) is -0.887. The molecule has 4 N–H and O–H groups in total. The van der Waals surface area contributed by atoms with Crippen LogP contribution in [-0.4, -0.2) is 27.3 Å². The number of aromatic nitrogens is 2. The van der Waals surface area contributed by atoms with Crippen molar-refractivity contribution in [2.75, 3.05) is 0 Å². The molecule has 66 valence electrons. The van der Waals surface area contributed by atoms with Crippen LogP contribution in [0.15, 0.2) is 10.7 Å². The minimum absolute atomic E-state index is 0.246. The Hall–Kier alpha value is -0.880. The van der Waals surface area contributed by atoms with Crippen molar-refractivity contribution >= 4 is 21.9 Å². The van der Waals surface area contributed by atoms with E-state index in [9.17, 15) is 4.79 Å². The van der Waals surface area contributed by atoms with Gasteiger partial charge in [0.1, 0.15) is 6.04 Å². The Balaban J connectivity index is 2.64. The monoisotopic (exact) mass is 233 g/mol. The first-order chi connectivity index (χ1) is 5.61. The van der Waals surface area contributed by atoms with E-state index in [1.54, 1.807) is 6.20 Å². The lowest BCUT2D eigenvalue weighted by Gasteiger charge is -2.03. The highest BCUT2D eigenvalue weighted by molar-refractivity contribution is 9.10. The Labute approximate surface area is 77.1 Å². The topological polar surface area (TPSA) is 92.0 Å². The van der Waals surface area contributed by atoms with Crippen molar-refractivity contribution in [2.45, 2.75) is 12.5 Å². The number of nitrogens with two attached hydrogens (primary N) is 1. The van der Waals surface area contributed by atoms with E-state index in [4.69, 9.17) is 10.8 Å². The maximum Gasteiger partial charge on any atom is 0.320 e. The zero-order chi connectivity index (χ0) is 9.14. The molecule has 0 aliphatic carbocycles. The quantitative estimate of drug-likeness (QED) is 0.692. The van der Waals surface area contributed by atoms with E-state index in [1.165, 1.54) is 0 Å². The molecule has 1 atom stereocenters. The predicted octanol–water partition coefficient (Wildman–Crippen LogP) is 0.127. The van der Waals surface area contributed by atoms with Crippen molar-refractivity contribution < 1.29 is 9.90 Å². The number of aliphatic carboxylic acids is 1. The molecular formula is C6H8BrN3O2. The molecule has 0 saturated heterocycles. The first-order valence-corrected chi connectivity index (χ1v) is 4.06. The van der Waals surface area contributed by atoms with E-state index in [0.717, 1.165) is 4.47 Å². The Morgan fingerprint density at radius 3 is 3.00 bits per heavy atom. The van der Waals surface area contributed by atoms with Gasteiger partial charge in [0.15, 0.2) is 0 Å². The number of aromatic amines is 1. The number of carbonyl (C=O) groups is 1. The summed E-state index contributed by atoms with van der Waals surface area (Å²) in [7, 11) is 0. The normalized spacial score (nSPS) is 12.8. The van der Waals surface area contributed by atoms with Gasteiger partial charge in [0.05, 0.1) is 16.4 Å². The highest BCUT2D eigenvalue weighted by Crippen LogP contribution is 2.13. The number of carboxylic acids is 1. The number of rotatable bonds is 3. The van der Waals surface area contributed by atoms with Gasteiger partial charge in [-0.15, -0.1) is 0 Å². The minimum Gasteiger partial charge on any atom is -0.480 e. The lowest BCUT2D eigenvalue weighted by molar-refractivity contribution is -0.138. The fourth-order valence-electron chi connectivity index (χ4n) is 0.749. The Bertz CT molecular complexity index is 286. The summed E-state index contributed by atoms with van der Waals surface area (Å²) >= 11 is 3.20. The van der Waals surface area contributed by atoms with Crippen molar-refractivity contribution in [1.82, 2.24) is 10.2 Å². The molecule has 1 aromatic rings. The lowest BCUT2D eigenvalue weighted by Crippen LogP contribution is -2.32. The van der Waals surface area contributed by atoms with Gasteiger partial charge in [-0.3, -0.25) is 9.89 Å². The molecule has 1 aromatic heterocycles. The van der Waals surface area contributed by atoms with Crippen LogP contribution in [0, 0.1) is 0 Å². The van der Waals surface area contributed by atoms with Crippen LogP contribution in [0.5, 0.6) is 0 Å². The van der Waals surface area contributed by atoms with Gasteiger partial charge in [-0.05, 0) is 15.9 Å². The Kier molecular flexibility index (Phi) is 2.83. The molecule has 1 unspecified atom stereocenters. The predicted molar refractivity (Wildman–Crippen MR) is 45.6 cm³/mol. The van der Waals surface area contributed by atoms with Crippen LogP contribution in [0.2, 0.25) is 0 Å². The number of nitrogens with one attached hydrogen (secondary N) is 1. The molecule has 0 aliphatic heterocycles. The van der Waals surface area contributed by atoms with Crippen LogP contribution < -0.4 is 5.73 Å². The van der Waals surface area contributed by atoms with Crippen molar-refractivity contribution in [1.29, 1.82) is 0 Å². The van der Waals surface area contributed by atoms with E-state index in [0.29, 0.717) is 5.69 Å². The minimum atomic E-state index is -1.02. The second kappa shape index (κ2) is 3.68. The van der Waals surface area contributed by atoms with Gasteiger partial charge < -0.3 is 10.8 Å². The first-order valence-electron chi connectivity index (χ1n) is 3.27. The second-order valence-electron chi connectivity index (χ2n) is 2.35. The van der Waals surface area contributed by atoms with E-state index >= 15 is 0 Å². The smallest absolute Gasteiger partial charge is 0.320 e. The SMILES string of the molecule is NC(Cc1[nH]ncc1Br)C(=O)O. The van der Waals surface area contributed by atoms with Crippen molar-refractivity contribution in [2.24, 2.45) is 5.73 Å². The molecule has 0 amide bonds. The number of nitrogens with zero attached hydrogens (tertiary/aromatic N) is 1. The van der Waals surface area contributed by atoms with Gasteiger partial charge in [0.2, 0.25) is 0 Å². The number of hydrogen-bond donors (Lipinski definition) is 3. The highest BCUT2D eigenvalue weighted by Gasteiger charge is 2.14. The van der Waals surface area contributed by atoms with Crippen LogP contribution in [0.4, 0.5) is 0 Å². The Morgan fingerprint density at radius 1 is 1.92 bits per heavy atom. The zero-order valence-electron chi connectivity index (χ0n) is 6.12. The third kappa shape index (κ3) is 2.05. The third-order valence-electron chi connectivity index (χ3n) is 1.41. The molecule has 0 saturated carbocycles. The van der Waals surface area contributed by atoms with E-state index in [1.807, 2.05) is 0 Å². The van der Waals surface area contributed by atoms with E-state index < -0.39 is 12.0 Å². The highest BCUT2D eigenvalue weighted by atomic mass is 79.9. The molecule has 0 fully saturated rings. The molecular weight excluding hydrogens is 226 g/mol. The van der Waals surface area contributed by atoms with Crippen LogP contribution in [0.3, 0.4) is 0 Å². The van der Waals surface area contributed by atoms with E-state index in [-0.39, 0.29) is 6.42 Å². The van der Waals surface area contributed by atoms with Crippen LogP contribution in [0.25, 0.3) is 0 Å². The second-order valence-corrected chi connectivity index (χ2v) is 3.20. The third-order valence-corrected chi connectivity index (χ3v) is 2.09. The van der Waals surface area contributed by atoms with Gasteiger partial charge in [-0.2, -0.15) is 5.10 Å². The van der Waals surface area contributed by atoms with Gasteiger partial charge in [-0.25, -0.2) is 0 Å². The van der Waals surface area contributed by atoms with Gasteiger partial charge in [0, 0.05) is 6.42 Å².